The second kappa shape index (κ2) is 8.04. The number of anilines is 1. The zero-order valence-electron chi connectivity index (χ0n) is 22.2. The van der Waals surface area contributed by atoms with Gasteiger partial charge in [0.15, 0.2) is 5.82 Å². The molecule has 0 saturated heterocycles. The van der Waals surface area contributed by atoms with E-state index in [9.17, 15) is 0 Å². The fraction of sp³-hybridized carbons (Fsp3) is 0.839. The molecule has 5 aliphatic carbocycles. The summed E-state index contributed by atoms with van der Waals surface area (Å²) < 4.78 is 2.15. The standard InChI is InChI=1S/C31H47N3/c1-5-6-7-22-19-34(33-28(22)32)20-31(16-17-31)27-11-10-26-24-12-14-29(3)18-21(2)8-9-25(29)23(24)13-15-30(26,27)4/h19,21,23-27H,5,8-18,20H2,1-4H3,(H2,32,33). The van der Waals surface area contributed by atoms with Crippen molar-refractivity contribution in [3.05, 3.63) is 11.8 Å². The minimum atomic E-state index is 0.452. The molecule has 3 heteroatoms. The van der Waals surface area contributed by atoms with E-state index in [4.69, 9.17) is 10.8 Å². The van der Waals surface area contributed by atoms with Gasteiger partial charge < -0.3 is 5.73 Å². The highest BCUT2D eigenvalue weighted by molar-refractivity contribution is 5.49. The highest BCUT2D eigenvalue weighted by Crippen LogP contribution is 2.72. The number of rotatable bonds is 3. The first kappa shape index (κ1) is 23.0. The van der Waals surface area contributed by atoms with E-state index >= 15 is 0 Å². The van der Waals surface area contributed by atoms with Crippen molar-refractivity contribution in [2.24, 2.45) is 51.8 Å². The van der Waals surface area contributed by atoms with Gasteiger partial charge in [0.05, 0.1) is 5.56 Å². The number of nitrogens with two attached hydrogens (primary N) is 1. The van der Waals surface area contributed by atoms with Gasteiger partial charge in [0.2, 0.25) is 0 Å². The van der Waals surface area contributed by atoms with Gasteiger partial charge in [-0.15, -0.1) is 0 Å². The van der Waals surface area contributed by atoms with Crippen LogP contribution in [0.15, 0.2) is 6.20 Å². The van der Waals surface area contributed by atoms with E-state index in [-0.39, 0.29) is 0 Å². The lowest BCUT2D eigenvalue weighted by Gasteiger charge is -2.60. The average molecular weight is 462 g/mol. The Balaban J connectivity index is 1.21. The first-order valence-electron chi connectivity index (χ1n) is 14.6. The van der Waals surface area contributed by atoms with E-state index in [2.05, 4.69) is 50.4 Å². The van der Waals surface area contributed by atoms with Crippen molar-refractivity contribution in [2.75, 3.05) is 5.73 Å². The molecule has 186 valence electrons. The molecule has 0 bridgehead atoms. The number of nitrogen functional groups attached to an aromatic ring is 1. The van der Waals surface area contributed by atoms with E-state index in [1.165, 1.54) is 70.6 Å². The van der Waals surface area contributed by atoms with Crippen molar-refractivity contribution in [3.8, 4) is 11.8 Å². The molecular formula is C31H47N3. The van der Waals surface area contributed by atoms with E-state index in [0.29, 0.717) is 22.1 Å². The lowest BCUT2D eigenvalue weighted by atomic mass is 9.45. The van der Waals surface area contributed by atoms with E-state index in [1.54, 1.807) is 0 Å². The second-order valence-corrected chi connectivity index (χ2v) is 13.9. The van der Waals surface area contributed by atoms with Crippen molar-refractivity contribution in [3.63, 3.8) is 0 Å². The smallest absolute Gasteiger partial charge is 0.161 e. The first-order valence-corrected chi connectivity index (χ1v) is 14.6. The van der Waals surface area contributed by atoms with Crippen molar-refractivity contribution in [1.82, 2.24) is 9.78 Å². The molecule has 5 fully saturated rings. The van der Waals surface area contributed by atoms with Crippen LogP contribution in [0.4, 0.5) is 5.82 Å². The first-order chi connectivity index (χ1) is 16.3. The topological polar surface area (TPSA) is 43.8 Å². The van der Waals surface area contributed by atoms with Crippen molar-refractivity contribution in [2.45, 2.75) is 111 Å². The molecule has 5 saturated carbocycles. The van der Waals surface area contributed by atoms with Gasteiger partial charge in [0, 0.05) is 19.2 Å². The van der Waals surface area contributed by atoms with Gasteiger partial charge in [0.25, 0.3) is 0 Å². The third kappa shape index (κ3) is 3.49. The van der Waals surface area contributed by atoms with E-state index in [0.717, 1.165) is 54.0 Å². The maximum absolute atomic E-state index is 6.22. The van der Waals surface area contributed by atoms with Crippen LogP contribution in [-0.2, 0) is 6.54 Å². The Morgan fingerprint density at radius 2 is 1.74 bits per heavy atom. The molecule has 1 aromatic heterocycles. The van der Waals surface area contributed by atoms with Crippen LogP contribution < -0.4 is 5.73 Å². The molecule has 0 amide bonds. The number of aromatic nitrogens is 2. The van der Waals surface area contributed by atoms with Gasteiger partial charge in [-0.25, -0.2) is 0 Å². The molecule has 34 heavy (non-hydrogen) atoms. The van der Waals surface area contributed by atoms with Gasteiger partial charge in [-0.2, -0.15) is 5.10 Å². The molecule has 5 aliphatic rings. The summed E-state index contributed by atoms with van der Waals surface area (Å²) in [6, 6.07) is 0. The third-order valence-electron chi connectivity index (χ3n) is 12.0. The summed E-state index contributed by atoms with van der Waals surface area (Å²) in [4.78, 5) is 0. The van der Waals surface area contributed by atoms with Gasteiger partial charge in [-0.05, 0) is 116 Å². The maximum atomic E-state index is 6.22. The summed E-state index contributed by atoms with van der Waals surface area (Å²) in [6.45, 7) is 11.0. The normalized spacial score (nSPS) is 44.4. The predicted octanol–water partition coefficient (Wildman–Crippen LogP) is 7.30. The highest BCUT2D eigenvalue weighted by atomic mass is 15.3. The second-order valence-electron chi connectivity index (χ2n) is 13.9. The summed E-state index contributed by atoms with van der Waals surface area (Å²) in [5, 5.41) is 4.70. The Kier molecular flexibility index (Phi) is 5.44. The van der Waals surface area contributed by atoms with Crippen LogP contribution in [0.3, 0.4) is 0 Å². The minimum absolute atomic E-state index is 0.452. The SMILES string of the molecule is CCC#Cc1cn(CC2(C3CCC4C5CCC6(C)CC(C)CCC6C5CCC43C)CC2)nc1N. The van der Waals surface area contributed by atoms with Crippen molar-refractivity contribution < 1.29 is 0 Å². The lowest BCUT2D eigenvalue weighted by Crippen LogP contribution is -2.52. The molecule has 1 aromatic rings. The monoisotopic (exact) mass is 461 g/mol. The van der Waals surface area contributed by atoms with Gasteiger partial charge in [-0.3, -0.25) is 4.68 Å². The molecule has 8 unspecified atom stereocenters. The summed E-state index contributed by atoms with van der Waals surface area (Å²) >= 11 is 0. The molecular weight excluding hydrogens is 414 g/mol. The summed E-state index contributed by atoms with van der Waals surface area (Å²) in [5.74, 6) is 12.8. The number of hydrogen-bond acceptors (Lipinski definition) is 2. The minimum Gasteiger partial charge on any atom is -0.381 e. The Morgan fingerprint density at radius 3 is 2.50 bits per heavy atom. The lowest BCUT2D eigenvalue weighted by molar-refractivity contribution is -0.109. The Labute approximate surface area is 208 Å². The van der Waals surface area contributed by atoms with Crippen molar-refractivity contribution in [1.29, 1.82) is 0 Å². The molecule has 0 spiro atoms. The summed E-state index contributed by atoms with van der Waals surface area (Å²) in [6.07, 6.45) is 19.1. The van der Waals surface area contributed by atoms with E-state index < -0.39 is 0 Å². The van der Waals surface area contributed by atoms with Crippen LogP contribution in [0, 0.1) is 63.6 Å². The van der Waals surface area contributed by atoms with Gasteiger partial charge in [-0.1, -0.05) is 46.0 Å². The molecule has 3 nitrogen and oxygen atoms in total. The van der Waals surface area contributed by atoms with Crippen molar-refractivity contribution >= 4 is 5.82 Å². The molecule has 2 N–H and O–H groups in total. The number of fused-ring (bicyclic) bond motifs is 5. The molecule has 1 heterocycles. The van der Waals surface area contributed by atoms with Gasteiger partial charge in [0.1, 0.15) is 0 Å². The zero-order chi connectivity index (χ0) is 23.7. The van der Waals surface area contributed by atoms with Crippen LogP contribution in [-0.4, -0.2) is 9.78 Å². The maximum Gasteiger partial charge on any atom is 0.161 e. The molecule has 0 aliphatic heterocycles. The molecule has 8 atom stereocenters. The third-order valence-corrected chi connectivity index (χ3v) is 12.0. The van der Waals surface area contributed by atoms with Gasteiger partial charge >= 0.3 is 0 Å². The number of nitrogens with zero attached hydrogens (tertiary/aromatic N) is 2. The Hall–Kier alpha value is -1.43. The van der Waals surface area contributed by atoms with Crippen LogP contribution in [0.2, 0.25) is 0 Å². The Bertz CT molecular complexity index is 992. The summed E-state index contributed by atoms with van der Waals surface area (Å²) in [7, 11) is 0. The molecule has 6 rings (SSSR count). The molecule has 0 radical (unpaired) electrons. The number of hydrogen-bond donors (Lipinski definition) is 1. The van der Waals surface area contributed by atoms with E-state index in [1.807, 2.05) is 0 Å². The van der Waals surface area contributed by atoms with Crippen LogP contribution in [0.1, 0.15) is 110 Å². The fourth-order valence-corrected chi connectivity index (χ4v) is 10.5. The van der Waals surface area contributed by atoms with Crippen LogP contribution in [0.25, 0.3) is 0 Å². The average Bonchev–Trinajstić information content (AvgIpc) is 3.34. The Morgan fingerprint density at radius 1 is 1.00 bits per heavy atom. The largest absolute Gasteiger partial charge is 0.381 e. The van der Waals surface area contributed by atoms with Crippen LogP contribution >= 0.6 is 0 Å². The fourth-order valence-electron chi connectivity index (χ4n) is 10.5. The molecule has 0 aromatic carbocycles. The van der Waals surface area contributed by atoms with Crippen LogP contribution in [0.5, 0.6) is 0 Å². The summed E-state index contributed by atoms with van der Waals surface area (Å²) in [5.41, 5.74) is 8.77. The zero-order valence-corrected chi connectivity index (χ0v) is 22.2. The predicted molar refractivity (Wildman–Crippen MR) is 140 cm³/mol. The highest BCUT2D eigenvalue weighted by Gasteiger charge is 2.64. The quantitative estimate of drug-likeness (QED) is 0.480.